The number of carbonyl (C=O) groups is 4. The SMILES string of the molecule is CO/N=C(/C(=O)NC1C(=O)N2C(C(=O)OC(c3ccccc3)c3ccccc3)=C(/C=C/Sc3cccnc3)CS[C@H]12)c1csc(NC=O)n1. The number of nitrogens with zero attached hydrogens (tertiary/aromatic N) is 4. The molecule has 2 atom stereocenters. The Bertz CT molecular complexity index is 1880. The van der Waals surface area contributed by atoms with Crippen molar-refractivity contribution in [3.63, 3.8) is 0 Å². The van der Waals surface area contributed by atoms with Crippen molar-refractivity contribution >= 4 is 69.9 Å². The molecule has 15 heteroatoms. The van der Waals surface area contributed by atoms with Gasteiger partial charge in [0.25, 0.3) is 11.8 Å². The summed E-state index contributed by atoms with van der Waals surface area (Å²) in [6.45, 7) is 0. The van der Waals surface area contributed by atoms with Crippen LogP contribution in [0, 0.1) is 0 Å². The summed E-state index contributed by atoms with van der Waals surface area (Å²) in [6.07, 6.45) is 4.95. The number of hydrogen-bond donors (Lipinski definition) is 2. The standard InChI is InChI=1S/C34H28N6O6S3/c1-45-39-26(25-19-49-34(37-25)36-20-41)30(42)38-27-31(43)40-28(23(18-48-32(27)40)14-16-47-24-13-8-15-35-17-24)33(44)46-29(21-9-4-2-5-10-21)22-11-6-3-7-12-22/h2-17,19-20,27,29,32H,18H2,1H3,(H,38,42)(H,36,37,41)/b16-14+,39-26+/t27?,32-/m1/s1. The Morgan fingerprint density at radius 3 is 2.47 bits per heavy atom. The number of hydrogen-bond acceptors (Lipinski definition) is 12. The molecule has 0 radical (unpaired) electrons. The number of anilines is 1. The predicted octanol–water partition coefficient (Wildman–Crippen LogP) is 4.75. The number of nitrogens with one attached hydrogen (secondary N) is 2. The van der Waals surface area contributed by atoms with Crippen molar-refractivity contribution in [1.82, 2.24) is 20.2 Å². The topological polar surface area (TPSA) is 152 Å². The van der Waals surface area contributed by atoms with Crippen LogP contribution in [0.4, 0.5) is 5.13 Å². The monoisotopic (exact) mass is 712 g/mol. The van der Waals surface area contributed by atoms with Crippen molar-refractivity contribution in [2.75, 3.05) is 18.2 Å². The lowest BCUT2D eigenvalue weighted by Crippen LogP contribution is -2.71. The molecule has 3 amide bonds. The van der Waals surface area contributed by atoms with E-state index in [-0.39, 0.29) is 22.2 Å². The molecule has 2 aromatic heterocycles. The average Bonchev–Trinajstić information content (AvgIpc) is 3.60. The molecule has 248 valence electrons. The van der Waals surface area contributed by atoms with Crippen LogP contribution in [0.15, 0.2) is 123 Å². The van der Waals surface area contributed by atoms with Crippen LogP contribution in [0.3, 0.4) is 0 Å². The maximum absolute atomic E-state index is 14.2. The Labute approximate surface area is 293 Å². The van der Waals surface area contributed by atoms with E-state index in [0.29, 0.717) is 17.7 Å². The molecule has 0 bridgehead atoms. The third kappa shape index (κ3) is 7.58. The summed E-state index contributed by atoms with van der Waals surface area (Å²) in [7, 11) is 1.28. The van der Waals surface area contributed by atoms with Crippen molar-refractivity contribution in [2.24, 2.45) is 5.16 Å². The molecule has 2 N–H and O–H groups in total. The van der Waals surface area contributed by atoms with E-state index in [2.05, 4.69) is 25.8 Å². The van der Waals surface area contributed by atoms with E-state index in [9.17, 15) is 19.2 Å². The first-order chi connectivity index (χ1) is 24.0. The molecule has 2 aliphatic rings. The van der Waals surface area contributed by atoms with E-state index in [1.54, 1.807) is 18.5 Å². The summed E-state index contributed by atoms with van der Waals surface area (Å²) in [4.78, 5) is 67.7. The molecule has 4 aromatic rings. The fourth-order valence-electron chi connectivity index (χ4n) is 5.12. The highest BCUT2D eigenvalue weighted by Crippen LogP contribution is 2.42. The number of carbonyl (C=O) groups excluding carboxylic acids is 4. The van der Waals surface area contributed by atoms with Gasteiger partial charge < -0.3 is 20.2 Å². The number of thioether (sulfide) groups is 2. The minimum absolute atomic E-state index is 0.106. The van der Waals surface area contributed by atoms with E-state index >= 15 is 0 Å². The molecular weight excluding hydrogens is 685 g/mol. The van der Waals surface area contributed by atoms with Crippen molar-refractivity contribution < 1.29 is 28.8 Å². The first kappa shape index (κ1) is 33.6. The molecule has 1 fully saturated rings. The largest absolute Gasteiger partial charge is 0.448 e. The van der Waals surface area contributed by atoms with Crippen molar-refractivity contribution in [3.05, 3.63) is 130 Å². The van der Waals surface area contributed by atoms with Gasteiger partial charge in [0.2, 0.25) is 6.41 Å². The lowest BCUT2D eigenvalue weighted by molar-refractivity contribution is -0.154. The third-order valence-corrected chi connectivity index (χ3v) is 10.2. The number of pyridine rings is 1. The molecule has 6 rings (SSSR count). The molecule has 0 spiro atoms. The van der Waals surface area contributed by atoms with Gasteiger partial charge in [-0.15, -0.1) is 23.1 Å². The van der Waals surface area contributed by atoms with Gasteiger partial charge in [-0.1, -0.05) is 77.6 Å². The maximum Gasteiger partial charge on any atom is 0.356 e. The Hall–Kier alpha value is -5.25. The first-order valence-corrected chi connectivity index (χ1v) is 17.6. The highest BCUT2D eigenvalue weighted by molar-refractivity contribution is 8.02. The van der Waals surface area contributed by atoms with Gasteiger partial charge in [0.05, 0.1) is 0 Å². The predicted molar refractivity (Wildman–Crippen MR) is 187 cm³/mol. The van der Waals surface area contributed by atoms with Crippen LogP contribution in [0.1, 0.15) is 22.9 Å². The minimum Gasteiger partial charge on any atom is -0.448 e. The van der Waals surface area contributed by atoms with Gasteiger partial charge in [-0.2, -0.15) is 0 Å². The minimum atomic E-state index is -0.970. The van der Waals surface area contributed by atoms with Crippen LogP contribution in [0.25, 0.3) is 0 Å². The maximum atomic E-state index is 14.2. The molecule has 1 unspecified atom stereocenters. The van der Waals surface area contributed by atoms with Crippen LogP contribution >= 0.6 is 34.9 Å². The Balaban J connectivity index is 1.28. The Morgan fingerprint density at radius 1 is 1.08 bits per heavy atom. The number of benzene rings is 2. The normalized spacial score (nSPS) is 17.4. The smallest absolute Gasteiger partial charge is 0.356 e. The number of esters is 1. The number of β-lactam (4-membered cyclic amide) rings is 1. The van der Waals surface area contributed by atoms with Gasteiger partial charge in [-0.25, -0.2) is 9.78 Å². The van der Waals surface area contributed by atoms with E-state index in [4.69, 9.17) is 9.57 Å². The van der Waals surface area contributed by atoms with Crippen LogP contribution in [-0.4, -0.2) is 69.1 Å². The summed E-state index contributed by atoms with van der Waals surface area (Å²) in [5.74, 6) is -1.50. The molecule has 12 nitrogen and oxygen atoms in total. The Kier molecular flexibility index (Phi) is 10.8. The van der Waals surface area contributed by atoms with Gasteiger partial charge >= 0.3 is 5.97 Å². The lowest BCUT2D eigenvalue weighted by atomic mass is 10.0. The number of oxime groups is 1. The van der Waals surface area contributed by atoms with Gasteiger partial charge in [-0.3, -0.25) is 24.3 Å². The first-order valence-electron chi connectivity index (χ1n) is 14.8. The number of ether oxygens (including phenoxy) is 1. The Morgan fingerprint density at radius 2 is 1.82 bits per heavy atom. The lowest BCUT2D eigenvalue weighted by Gasteiger charge is -2.49. The second-order valence-electron chi connectivity index (χ2n) is 10.4. The van der Waals surface area contributed by atoms with E-state index in [0.717, 1.165) is 27.4 Å². The molecule has 0 aliphatic carbocycles. The van der Waals surface area contributed by atoms with Crippen molar-refractivity contribution in [3.8, 4) is 0 Å². The van der Waals surface area contributed by atoms with E-state index in [1.807, 2.05) is 78.2 Å². The molecular formula is C34H28N6O6S3. The van der Waals surface area contributed by atoms with Gasteiger partial charge in [-0.05, 0) is 40.3 Å². The van der Waals surface area contributed by atoms with Crippen LogP contribution in [0.2, 0.25) is 0 Å². The van der Waals surface area contributed by atoms with Crippen LogP contribution in [0.5, 0.6) is 0 Å². The zero-order chi connectivity index (χ0) is 34.2. The van der Waals surface area contributed by atoms with Crippen molar-refractivity contribution in [1.29, 1.82) is 0 Å². The number of aromatic nitrogens is 2. The van der Waals surface area contributed by atoms with Gasteiger partial charge in [0.15, 0.2) is 16.9 Å². The molecule has 4 heterocycles. The van der Waals surface area contributed by atoms with Crippen LogP contribution in [-0.2, 0) is 28.8 Å². The second kappa shape index (κ2) is 15.8. The van der Waals surface area contributed by atoms with Gasteiger partial charge in [0, 0.05) is 28.4 Å². The van der Waals surface area contributed by atoms with Crippen LogP contribution < -0.4 is 10.6 Å². The highest BCUT2D eigenvalue weighted by atomic mass is 32.2. The molecule has 0 saturated carbocycles. The zero-order valence-electron chi connectivity index (χ0n) is 25.8. The molecule has 2 aromatic carbocycles. The zero-order valence-corrected chi connectivity index (χ0v) is 28.2. The number of allylic oxidation sites excluding steroid dienone is 1. The molecule has 2 aliphatic heterocycles. The summed E-state index contributed by atoms with van der Waals surface area (Å²) in [6, 6.07) is 21.5. The fourth-order valence-corrected chi connectivity index (χ4v) is 7.76. The quantitative estimate of drug-likeness (QED) is 0.0496. The number of thiazole rings is 1. The van der Waals surface area contributed by atoms with E-state index in [1.165, 1.54) is 40.9 Å². The van der Waals surface area contributed by atoms with Crippen molar-refractivity contribution in [2.45, 2.75) is 22.4 Å². The second-order valence-corrected chi connectivity index (χ2v) is 13.3. The fraction of sp³-hybridized carbons (Fsp3) is 0.147. The highest BCUT2D eigenvalue weighted by Gasteiger charge is 2.54. The van der Waals surface area contributed by atoms with E-state index < -0.39 is 35.3 Å². The summed E-state index contributed by atoms with van der Waals surface area (Å²) >= 11 is 3.92. The summed E-state index contributed by atoms with van der Waals surface area (Å²) < 4.78 is 6.21. The third-order valence-electron chi connectivity index (χ3n) is 7.34. The number of rotatable bonds is 13. The van der Waals surface area contributed by atoms with Gasteiger partial charge in [0.1, 0.15) is 29.9 Å². The molecule has 1 saturated heterocycles. The number of fused-ring (bicyclic) bond motifs is 1. The summed E-state index contributed by atoms with van der Waals surface area (Å²) in [5.41, 5.74) is 2.22. The summed E-state index contributed by atoms with van der Waals surface area (Å²) in [5, 5.41) is 12.0. The molecule has 49 heavy (non-hydrogen) atoms. The average molecular weight is 713 g/mol. The number of amides is 3.